The highest BCUT2D eigenvalue weighted by Gasteiger charge is 2.21. The molecule has 0 saturated heterocycles. The molecule has 2 N–H and O–H groups in total. The molecule has 2 amide bonds. The van der Waals surface area contributed by atoms with Crippen LogP contribution in [0.15, 0.2) is 53.8 Å². The Morgan fingerprint density at radius 1 is 1.33 bits per heavy atom. The fourth-order valence-corrected chi connectivity index (χ4v) is 3.34. The van der Waals surface area contributed by atoms with Crippen LogP contribution in [0, 0.1) is 5.82 Å². The number of aromatic nitrogens is 1. The summed E-state index contributed by atoms with van der Waals surface area (Å²) in [6.45, 7) is 1.80. The molecule has 24 heavy (non-hydrogen) atoms. The minimum atomic E-state index is -0.353. The van der Waals surface area contributed by atoms with E-state index in [-0.39, 0.29) is 23.9 Å². The van der Waals surface area contributed by atoms with Crippen molar-refractivity contribution in [1.29, 1.82) is 0 Å². The van der Waals surface area contributed by atoms with Gasteiger partial charge in [0.15, 0.2) is 5.17 Å². The van der Waals surface area contributed by atoms with Crippen molar-refractivity contribution >= 4 is 23.0 Å². The lowest BCUT2D eigenvalue weighted by molar-refractivity contribution is 0.242. The molecule has 124 valence electrons. The van der Waals surface area contributed by atoms with Gasteiger partial charge >= 0.3 is 6.03 Å². The SMILES string of the molecule is C[C@H](NC(=O)NC1=NC(c2ccncc2)CS1)c1cccc(F)c1. The summed E-state index contributed by atoms with van der Waals surface area (Å²) in [5.41, 5.74) is 1.78. The van der Waals surface area contributed by atoms with Crippen LogP contribution in [-0.4, -0.2) is 21.9 Å². The number of nitrogens with zero attached hydrogens (tertiary/aromatic N) is 2. The molecule has 3 rings (SSSR count). The fourth-order valence-electron chi connectivity index (χ4n) is 2.39. The van der Waals surface area contributed by atoms with E-state index in [9.17, 15) is 9.18 Å². The molecule has 0 aliphatic carbocycles. The number of hydrogen-bond donors (Lipinski definition) is 2. The number of thioether (sulfide) groups is 1. The van der Waals surface area contributed by atoms with Gasteiger partial charge in [-0.15, -0.1) is 0 Å². The van der Waals surface area contributed by atoms with Crippen LogP contribution in [0.4, 0.5) is 9.18 Å². The van der Waals surface area contributed by atoms with Gasteiger partial charge in [0.25, 0.3) is 0 Å². The zero-order chi connectivity index (χ0) is 16.9. The highest BCUT2D eigenvalue weighted by Crippen LogP contribution is 2.29. The van der Waals surface area contributed by atoms with Crippen LogP contribution in [0.3, 0.4) is 0 Å². The summed E-state index contributed by atoms with van der Waals surface area (Å²) in [4.78, 5) is 20.6. The Balaban J connectivity index is 1.57. The maximum absolute atomic E-state index is 13.2. The van der Waals surface area contributed by atoms with Crippen LogP contribution < -0.4 is 10.6 Å². The van der Waals surface area contributed by atoms with E-state index >= 15 is 0 Å². The molecule has 1 aliphatic rings. The Morgan fingerprint density at radius 3 is 2.88 bits per heavy atom. The summed E-state index contributed by atoms with van der Waals surface area (Å²) in [7, 11) is 0. The number of benzene rings is 1. The van der Waals surface area contributed by atoms with E-state index in [2.05, 4.69) is 20.6 Å². The highest BCUT2D eigenvalue weighted by molar-refractivity contribution is 8.14. The van der Waals surface area contributed by atoms with E-state index in [4.69, 9.17) is 0 Å². The van der Waals surface area contributed by atoms with Crippen LogP contribution in [0.25, 0.3) is 0 Å². The van der Waals surface area contributed by atoms with Crippen molar-refractivity contribution in [3.05, 3.63) is 65.7 Å². The van der Waals surface area contributed by atoms with Gasteiger partial charge in [0.05, 0.1) is 12.1 Å². The molecular formula is C17H17FN4OS. The van der Waals surface area contributed by atoms with Gasteiger partial charge in [-0.3, -0.25) is 15.3 Å². The molecule has 7 heteroatoms. The van der Waals surface area contributed by atoms with Crippen molar-refractivity contribution < 1.29 is 9.18 Å². The number of amidine groups is 1. The molecule has 0 fully saturated rings. The molecule has 5 nitrogen and oxygen atoms in total. The van der Waals surface area contributed by atoms with E-state index in [0.717, 1.165) is 11.3 Å². The van der Waals surface area contributed by atoms with Crippen molar-refractivity contribution in [2.24, 2.45) is 4.99 Å². The lowest BCUT2D eigenvalue weighted by atomic mass is 10.1. The molecule has 2 heterocycles. The third-order valence-electron chi connectivity index (χ3n) is 3.66. The minimum absolute atomic E-state index is 0.0222. The number of carbonyl (C=O) groups excluding carboxylic acids is 1. The molecule has 0 bridgehead atoms. The van der Waals surface area contributed by atoms with Crippen LogP contribution in [0.5, 0.6) is 0 Å². The predicted octanol–water partition coefficient (Wildman–Crippen LogP) is 3.43. The summed E-state index contributed by atoms with van der Waals surface area (Å²) in [5.74, 6) is 0.455. The highest BCUT2D eigenvalue weighted by atomic mass is 32.2. The Labute approximate surface area is 143 Å². The standard InChI is InChI=1S/C17H17FN4OS/c1-11(13-3-2-4-14(18)9-13)20-16(23)22-17-21-15(10-24-17)12-5-7-19-8-6-12/h2-9,11,15H,10H2,1H3,(H2,20,21,22,23)/t11-,15?/m0/s1. The maximum atomic E-state index is 13.2. The third kappa shape index (κ3) is 4.11. The average Bonchev–Trinajstić information content (AvgIpc) is 3.04. The van der Waals surface area contributed by atoms with E-state index in [1.165, 1.54) is 23.9 Å². The Kier molecular flexibility index (Phi) is 5.10. The lowest BCUT2D eigenvalue weighted by Crippen LogP contribution is -2.39. The number of rotatable bonds is 3. The second-order valence-corrected chi connectivity index (χ2v) is 6.43. The largest absolute Gasteiger partial charge is 0.331 e. The van der Waals surface area contributed by atoms with Crippen LogP contribution in [0.2, 0.25) is 0 Å². The zero-order valence-electron chi connectivity index (χ0n) is 13.1. The molecule has 1 unspecified atom stereocenters. The van der Waals surface area contributed by atoms with Crippen molar-refractivity contribution in [1.82, 2.24) is 15.6 Å². The van der Waals surface area contributed by atoms with Crippen molar-refractivity contribution in [2.45, 2.75) is 19.0 Å². The molecule has 2 aromatic rings. The van der Waals surface area contributed by atoms with Gasteiger partial charge in [0.2, 0.25) is 0 Å². The Hall–Kier alpha value is -2.41. The summed E-state index contributed by atoms with van der Waals surface area (Å²) < 4.78 is 13.2. The number of amides is 2. The quantitative estimate of drug-likeness (QED) is 0.896. The maximum Gasteiger partial charge on any atom is 0.321 e. The Morgan fingerprint density at radius 2 is 2.12 bits per heavy atom. The third-order valence-corrected chi connectivity index (χ3v) is 4.62. The number of urea groups is 1. The number of carbonyl (C=O) groups is 1. The van der Waals surface area contributed by atoms with Crippen LogP contribution in [0.1, 0.15) is 30.1 Å². The van der Waals surface area contributed by atoms with E-state index in [1.54, 1.807) is 31.5 Å². The summed E-state index contributed by atoms with van der Waals surface area (Å²) >= 11 is 1.50. The monoisotopic (exact) mass is 344 g/mol. The lowest BCUT2D eigenvalue weighted by Gasteiger charge is -2.14. The average molecular weight is 344 g/mol. The topological polar surface area (TPSA) is 66.4 Å². The minimum Gasteiger partial charge on any atom is -0.331 e. The molecule has 0 saturated carbocycles. The van der Waals surface area contributed by atoms with Gasteiger partial charge in [-0.1, -0.05) is 23.9 Å². The zero-order valence-corrected chi connectivity index (χ0v) is 13.9. The van der Waals surface area contributed by atoms with Gasteiger partial charge in [0, 0.05) is 18.1 Å². The predicted molar refractivity (Wildman–Crippen MR) is 93.4 cm³/mol. The van der Waals surface area contributed by atoms with E-state index < -0.39 is 0 Å². The van der Waals surface area contributed by atoms with Crippen LogP contribution >= 0.6 is 11.8 Å². The van der Waals surface area contributed by atoms with Gasteiger partial charge in [-0.25, -0.2) is 9.18 Å². The molecule has 1 aromatic carbocycles. The van der Waals surface area contributed by atoms with E-state index in [1.807, 2.05) is 12.1 Å². The van der Waals surface area contributed by atoms with Crippen LogP contribution in [-0.2, 0) is 0 Å². The number of pyridine rings is 1. The van der Waals surface area contributed by atoms with Gasteiger partial charge in [-0.05, 0) is 42.3 Å². The molecular weight excluding hydrogens is 327 g/mol. The normalized spacial score (nSPS) is 17.9. The number of nitrogens with one attached hydrogen (secondary N) is 2. The number of aliphatic imine (C=N–C) groups is 1. The molecule has 0 spiro atoms. The van der Waals surface area contributed by atoms with Gasteiger partial charge < -0.3 is 5.32 Å². The first-order chi connectivity index (χ1) is 11.6. The first-order valence-electron chi connectivity index (χ1n) is 7.55. The number of hydrogen-bond acceptors (Lipinski definition) is 4. The summed E-state index contributed by atoms with van der Waals surface area (Å²) in [5, 5.41) is 6.12. The first kappa shape index (κ1) is 16.4. The van der Waals surface area contributed by atoms with Crippen molar-refractivity contribution in [3.8, 4) is 0 Å². The van der Waals surface area contributed by atoms with Crippen molar-refractivity contribution in [3.63, 3.8) is 0 Å². The van der Waals surface area contributed by atoms with Crippen molar-refractivity contribution in [2.75, 3.05) is 5.75 Å². The van der Waals surface area contributed by atoms with Gasteiger partial charge in [-0.2, -0.15) is 0 Å². The Bertz CT molecular complexity index is 753. The van der Waals surface area contributed by atoms with E-state index in [0.29, 0.717) is 10.7 Å². The number of halogens is 1. The molecule has 1 aliphatic heterocycles. The molecule has 2 atom stereocenters. The summed E-state index contributed by atoms with van der Waals surface area (Å²) in [6, 6.07) is 9.39. The first-order valence-corrected chi connectivity index (χ1v) is 8.54. The second kappa shape index (κ2) is 7.44. The smallest absolute Gasteiger partial charge is 0.321 e. The molecule has 1 aromatic heterocycles. The fraction of sp³-hybridized carbons (Fsp3) is 0.235. The molecule has 0 radical (unpaired) electrons. The van der Waals surface area contributed by atoms with Gasteiger partial charge in [0.1, 0.15) is 5.82 Å². The second-order valence-electron chi connectivity index (χ2n) is 5.42. The summed E-state index contributed by atoms with van der Waals surface area (Å²) in [6.07, 6.45) is 3.46.